The van der Waals surface area contributed by atoms with Gasteiger partial charge in [-0.05, 0) is 30.8 Å². The van der Waals surface area contributed by atoms with Crippen LogP contribution in [0.3, 0.4) is 0 Å². The summed E-state index contributed by atoms with van der Waals surface area (Å²) in [6, 6.07) is 13.5. The number of likely N-dealkylation sites (N-methyl/N-ethyl adjacent to an activating group) is 1. The normalized spacial score (nSPS) is 15.0. The van der Waals surface area contributed by atoms with Crippen molar-refractivity contribution in [3.8, 4) is 5.75 Å². The topological polar surface area (TPSA) is 44.8 Å². The second-order valence-electron chi connectivity index (χ2n) is 6.27. The first-order chi connectivity index (χ1) is 13.1. The summed E-state index contributed by atoms with van der Waals surface area (Å²) in [6.45, 7) is 3.84. The Hall–Kier alpha value is -2.67. The zero-order valence-electron chi connectivity index (χ0n) is 15.2. The molecule has 0 aromatic heterocycles. The Morgan fingerprint density at radius 1 is 1.07 bits per heavy atom. The van der Waals surface area contributed by atoms with Gasteiger partial charge in [-0.3, -0.25) is 4.79 Å². The van der Waals surface area contributed by atoms with Crippen LogP contribution in [0.1, 0.15) is 17.3 Å². The van der Waals surface area contributed by atoms with E-state index in [0.29, 0.717) is 5.69 Å². The van der Waals surface area contributed by atoms with Crippen LogP contribution in [0.4, 0.5) is 20.2 Å². The van der Waals surface area contributed by atoms with Gasteiger partial charge in [0, 0.05) is 26.2 Å². The Kier molecular flexibility index (Phi) is 6.24. The number of ether oxygens (including phenoxy) is 1. The predicted octanol–water partition coefficient (Wildman–Crippen LogP) is 3.68. The van der Waals surface area contributed by atoms with Crippen LogP contribution in [-0.2, 0) is 0 Å². The fourth-order valence-corrected chi connectivity index (χ4v) is 3.20. The summed E-state index contributed by atoms with van der Waals surface area (Å²) < 4.78 is 29.7. The summed E-state index contributed by atoms with van der Waals surface area (Å²) in [5, 5.41) is 2.84. The number of benzene rings is 2. The molecule has 1 saturated heterocycles. The molecule has 0 unspecified atom stereocenters. The fraction of sp³-hybridized carbons (Fsp3) is 0.350. The van der Waals surface area contributed by atoms with Crippen LogP contribution in [0, 0.1) is 0 Å². The predicted molar refractivity (Wildman–Crippen MR) is 102 cm³/mol. The molecule has 1 amide bonds. The Labute approximate surface area is 157 Å². The van der Waals surface area contributed by atoms with Crippen LogP contribution >= 0.6 is 0 Å². The number of nitrogens with zero attached hydrogens (tertiary/aromatic N) is 2. The Balaban J connectivity index is 1.78. The molecule has 7 heteroatoms. The Morgan fingerprint density at radius 3 is 2.44 bits per heavy atom. The molecule has 3 rings (SSSR count). The number of hydrogen-bond acceptors (Lipinski definition) is 4. The highest BCUT2D eigenvalue weighted by molar-refractivity contribution is 6.07. The third-order valence-corrected chi connectivity index (χ3v) is 4.66. The summed E-state index contributed by atoms with van der Waals surface area (Å²) in [4.78, 5) is 17.3. The average molecular weight is 375 g/mol. The molecule has 144 valence electrons. The molecule has 1 aliphatic heterocycles. The van der Waals surface area contributed by atoms with Gasteiger partial charge in [-0.1, -0.05) is 31.2 Å². The lowest BCUT2D eigenvalue weighted by Gasteiger charge is -2.36. The van der Waals surface area contributed by atoms with Crippen LogP contribution in [0.2, 0.25) is 0 Å². The SMILES string of the molecule is CCN1CCN(c2ccccc2NC(=O)c2ccccc2OC(F)F)CC1. The number of nitrogens with one attached hydrogen (secondary N) is 1. The van der Waals surface area contributed by atoms with Crippen molar-refractivity contribution in [3.05, 3.63) is 54.1 Å². The van der Waals surface area contributed by atoms with Gasteiger partial charge in [0.1, 0.15) is 5.75 Å². The number of rotatable bonds is 6. The molecule has 1 N–H and O–H groups in total. The van der Waals surface area contributed by atoms with E-state index in [9.17, 15) is 13.6 Å². The van der Waals surface area contributed by atoms with E-state index in [0.717, 1.165) is 38.4 Å². The van der Waals surface area contributed by atoms with Crippen molar-refractivity contribution in [2.24, 2.45) is 0 Å². The van der Waals surface area contributed by atoms with Gasteiger partial charge >= 0.3 is 6.61 Å². The fourth-order valence-electron chi connectivity index (χ4n) is 3.20. The number of carbonyl (C=O) groups is 1. The van der Waals surface area contributed by atoms with Gasteiger partial charge in [0.05, 0.1) is 16.9 Å². The van der Waals surface area contributed by atoms with Crippen molar-refractivity contribution in [3.63, 3.8) is 0 Å². The molecule has 0 atom stereocenters. The number of anilines is 2. The summed E-state index contributed by atoms with van der Waals surface area (Å²) in [6.07, 6.45) is 0. The monoisotopic (exact) mass is 375 g/mol. The quantitative estimate of drug-likeness (QED) is 0.837. The van der Waals surface area contributed by atoms with Crippen LogP contribution in [0.15, 0.2) is 48.5 Å². The van der Waals surface area contributed by atoms with Crippen molar-refractivity contribution in [1.29, 1.82) is 0 Å². The summed E-state index contributed by atoms with van der Waals surface area (Å²) in [7, 11) is 0. The van der Waals surface area contributed by atoms with E-state index in [1.165, 1.54) is 12.1 Å². The summed E-state index contributed by atoms with van der Waals surface area (Å²) in [5.41, 5.74) is 1.65. The highest BCUT2D eigenvalue weighted by atomic mass is 19.3. The summed E-state index contributed by atoms with van der Waals surface area (Å²) >= 11 is 0. The lowest BCUT2D eigenvalue weighted by molar-refractivity contribution is -0.0501. The first-order valence-corrected chi connectivity index (χ1v) is 9.00. The van der Waals surface area contributed by atoms with Crippen LogP contribution < -0.4 is 15.0 Å². The van der Waals surface area contributed by atoms with Crippen molar-refractivity contribution in [2.75, 3.05) is 42.9 Å². The number of alkyl halides is 2. The number of halogens is 2. The molecule has 1 fully saturated rings. The molecular weight excluding hydrogens is 352 g/mol. The van der Waals surface area contributed by atoms with Crippen molar-refractivity contribution in [2.45, 2.75) is 13.5 Å². The summed E-state index contributed by atoms with van der Waals surface area (Å²) in [5.74, 6) is -0.620. The van der Waals surface area contributed by atoms with Gasteiger partial charge < -0.3 is 19.9 Å². The lowest BCUT2D eigenvalue weighted by Crippen LogP contribution is -2.46. The van der Waals surface area contributed by atoms with E-state index in [1.54, 1.807) is 12.1 Å². The molecule has 5 nitrogen and oxygen atoms in total. The third-order valence-electron chi connectivity index (χ3n) is 4.66. The first-order valence-electron chi connectivity index (χ1n) is 9.00. The van der Waals surface area contributed by atoms with Crippen LogP contribution in [0.5, 0.6) is 5.75 Å². The molecule has 0 aliphatic carbocycles. The first kappa shape index (κ1) is 19.1. The average Bonchev–Trinajstić information content (AvgIpc) is 2.68. The van der Waals surface area contributed by atoms with Crippen LogP contribution in [0.25, 0.3) is 0 Å². The zero-order valence-corrected chi connectivity index (χ0v) is 15.2. The Bertz CT molecular complexity index is 777. The van der Waals surface area contributed by atoms with E-state index in [2.05, 4.69) is 26.8 Å². The minimum atomic E-state index is -2.99. The second-order valence-corrected chi connectivity index (χ2v) is 6.27. The number of carbonyl (C=O) groups excluding carboxylic acids is 1. The molecule has 2 aromatic rings. The molecule has 2 aromatic carbocycles. The zero-order chi connectivity index (χ0) is 19.2. The van der Waals surface area contributed by atoms with Gasteiger partial charge in [0.25, 0.3) is 5.91 Å². The highest BCUT2D eigenvalue weighted by Crippen LogP contribution is 2.28. The molecule has 0 bridgehead atoms. The molecule has 0 saturated carbocycles. The smallest absolute Gasteiger partial charge is 0.387 e. The third kappa shape index (κ3) is 4.74. The van der Waals surface area contributed by atoms with Gasteiger partial charge in [0.15, 0.2) is 0 Å². The number of amides is 1. The van der Waals surface area contributed by atoms with Gasteiger partial charge in [0.2, 0.25) is 0 Å². The minimum absolute atomic E-state index is 0.0726. The minimum Gasteiger partial charge on any atom is -0.434 e. The largest absolute Gasteiger partial charge is 0.434 e. The molecule has 0 radical (unpaired) electrons. The van der Waals surface area contributed by atoms with Gasteiger partial charge in [-0.15, -0.1) is 0 Å². The van der Waals surface area contributed by atoms with Gasteiger partial charge in [-0.2, -0.15) is 8.78 Å². The molecule has 27 heavy (non-hydrogen) atoms. The Morgan fingerprint density at radius 2 is 1.74 bits per heavy atom. The number of hydrogen-bond donors (Lipinski definition) is 1. The number of piperazine rings is 1. The molecular formula is C20H23F2N3O2. The molecule has 1 heterocycles. The van der Waals surface area contributed by atoms with E-state index in [-0.39, 0.29) is 11.3 Å². The second kappa shape index (κ2) is 8.81. The lowest BCUT2D eigenvalue weighted by atomic mass is 10.1. The van der Waals surface area contributed by atoms with E-state index in [4.69, 9.17) is 0 Å². The molecule has 0 spiro atoms. The maximum Gasteiger partial charge on any atom is 0.387 e. The van der Waals surface area contributed by atoms with Crippen molar-refractivity contribution in [1.82, 2.24) is 4.90 Å². The maximum absolute atomic E-state index is 12.7. The van der Waals surface area contributed by atoms with Crippen molar-refractivity contribution < 1.29 is 18.3 Å². The van der Waals surface area contributed by atoms with E-state index < -0.39 is 12.5 Å². The molecule has 1 aliphatic rings. The standard InChI is InChI=1S/C20H23F2N3O2/c1-2-24-11-13-25(14-12-24)17-9-5-4-8-16(17)23-19(26)15-7-3-6-10-18(15)27-20(21)22/h3-10,20H,2,11-14H2,1H3,(H,23,26). The van der Waals surface area contributed by atoms with E-state index in [1.807, 2.05) is 24.3 Å². The van der Waals surface area contributed by atoms with Gasteiger partial charge in [-0.25, -0.2) is 0 Å². The van der Waals surface area contributed by atoms with Crippen LogP contribution in [-0.4, -0.2) is 50.1 Å². The van der Waals surface area contributed by atoms with Crippen molar-refractivity contribution >= 4 is 17.3 Å². The highest BCUT2D eigenvalue weighted by Gasteiger charge is 2.20. The maximum atomic E-state index is 12.7. The number of para-hydroxylation sites is 3. The van der Waals surface area contributed by atoms with E-state index >= 15 is 0 Å².